The van der Waals surface area contributed by atoms with Crippen LogP contribution in [0.4, 0.5) is 0 Å². The summed E-state index contributed by atoms with van der Waals surface area (Å²) < 4.78 is 1.04. The number of hydrogen-bond donors (Lipinski definition) is 2. The van der Waals surface area contributed by atoms with Gasteiger partial charge in [-0.25, -0.2) is 0 Å². The Bertz CT molecular complexity index is 1210. The van der Waals surface area contributed by atoms with Crippen LogP contribution in [0.2, 0.25) is 0 Å². The number of nitrogens with one attached hydrogen (secondary N) is 2. The molecule has 0 radical (unpaired) electrons. The average Bonchev–Trinajstić information content (AvgIpc) is 3.48. The highest BCUT2D eigenvalue weighted by Crippen LogP contribution is 2.25. The van der Waals surface area contributed by atoms with Gasteiger partial charge in [-0.1, -0.05) is 12.8 Å². The number of nitrogens with zero attached hydrogens (tertiary/aromatic N) is 3. The zero-order valence-electron chi connectivity index (χ0n) is 18.4. The van der Waals surface area contributed by atoms with Gasteiger partial charge >= 0.3 is 0 Å². The van der Waals surface area contributed by atoms with E-state index in [2.05, 4.69) is 20.3 Å². The van der Waals surface area contributed by atoms with Gasteiger partial charge in [-0.05, 0) is 54.8 Å². The topological polar surface area (TPSA) is 91.0 Å². The molecule has 1 fully saturated rings. The molecule has 33 heavy (non-hydrogen) atoms. The van der Waals surface area contributed by atoms with Crippen molar-refractivity contribution in [2.24, 2.45) is 5.92 Å². The molecular weight excluding hydrogens is 434 g/mol. The second-order valence-electron chi connectivity index (χ2n) is 8.66. The Labute approximate surface area is 196 Å². The SMILES string of the molecule is O=C(NCCCCC1CCN(C(=O)c2cc3cnccc3[nH]2)CC1)c1cc2ccncc2s1. The Hall–Kier alpha value is -3.26. The predicted octanol–water partition coefficient (Wildman–Crippen LogP) is 4.63. The first-order valence-electron chi connectivity index (χ1n) is 11.5. The van der Waals surface area contributed by atoms with E-state index in [0.29, 0.717) is 18.2 Å². The highest BCUT2D eigenvalue weighted by molar-refractivity contribution is 7.20. The summed E-state index contributed by atoms with van der Waals surface area (Å²) in [5, 5.41) is 5.07. The van der Waals surface area contributed by atoms with Crippen molar-refractivity contribution in [1.82, 2.24) is 25.2 Å². The van der Waals surface area contributed by atoms with Crippen LogP contribution in [0.3, 0.4) is 0 Å². The molecule has 0 saturated carbocycles. The van der Waals surface area contributed by atoms with Crippen LogP contribution >= 0.6 is 11.3 Å². The maximum Gasteiger partial charge on any atom is 0.270 e. The number of amides is 2. The van der Waals surface area contributed by atoms with E-state index in [4.69, 9.17) is 0 Å². The molecule has 4 aromatic heterocycles. The lowest BCUT2D eigenvalue weighted by atomic mass is 9.91. The van der Waals surface area contributed by atoms with Crippen molar-refractivity contribution in [2.75, 3.05) is 19.6 Å². The highest BCUT2D eigenvalue weighted by atomic mass is 32.1. The molecule has 7 nitrogen and oxygen atoms in total. The van der Waals surface area contributed by atoms with Crippen molar-refractivity contribution in [2.45, 2.75) is 32.1 Å². The molecule has 0 atom stereocenters. The fourth-order valence-electron chi connectivity index (χ4n) is 4.53. The van der Waals surface area contributed by atoms with Crippen LogP contribution in [0, 0.1) is 5.92 Å². The van der Waals surface area contributed by atoms with Crippen LogP contribution in [0.15, 0.2) is 49.1 Å². The fourth-order valence-corrected chi connectivity index (χ4v) is 5.47. The van der Waals surface area contributed by atoms with E-state index in [0.717, 1.165) is 71.1 Å². The highest BCUT2D eigenvalue weighted by Gasteiger charge is 2.24. The predicted molar refractivity (Wildman–Crippen MR) is 131 cm³/mol. The molecule has 8 heteroatoms. The minimum Gasteiger partial charge on any atom is -0.351 e. The Morgan fingerprint density at radius 2 is 1.88 bits per heavy atom. The number of piperidine rings is 1. The number of pyridine rings is 2. The van der Waals surface area contributed by atoms with Gasteiger partial charge in [-0.2, -0.15) is 0 Å². The number of carbonyl (C=O) groups is 2. The summed E-state index contributed by atoms with van der Waals surface area (Å²) in [6.45, 7) is 2.29. The summed E-state index contributed by atoms with van der Waals surface area (Å²) in [7, 11) is 0. The van der Waals surface area contributed by atoms with Crippen molar-refractivity contribution in [3.63, 3.8) is 0 Å². The maximum atomic E-state index is 12.8. The number of hydrogen-bond acceptors (Lipinski definition) is 5. The minimum absolute atomic E-state index is 0.00391. The number of thiophene rings is 1. The number of aromatic nitrogens is 3. The van der Waals surface area contributed by atoms with E-state index < -0.39 is 0 Å². The van der Waals surface area contributed by atoms with Crippen LogP contribution in [-0.4, -0.2) is 51.3 Å². The molecule has 1 aliphatic rings. The third kappa shape index (κ3) is 4.90. The van der Waals surface area contributed by atoms with E-state index >= 15 is 0 Å². The molecule has 0 aliphatic carbocycles. The van der Waals surface area contributed by atoms with Gasteiger partial charge in [0, 0.05) is 55.3 Å². The summed E-state index contributed by atoms with van der Waals surface area (Å²) in [4.78, 5) is 39.4. The minimum atomic E-state index is -0.00391. The first-order valence-corrected chi connectivity index (χ1v) is 12.3. The van der Waals surface area contributed by atoms with E-state index in [1.807, 2.05) is 29.2 Å². The standard InChI is InChI=1S/C25H27N5O2S/c31-24(22-14-18-4-9-27-16-23(18)33-22)28-8-2-1-3-17-6-11-30(12-7-17)25(32)21-13-19-15-26-10-5-20(19)29-21/h4-5,9-10,13-17,29H,1-3,6-8,11-12H2,(H,28,31). The van der Waals surface area contributed by atoms with Crippen LogP contribution < -0.4 is 5.32 Å². The summed E-state index contributed by atoms with van der Waals surface area (Å²) in [6.07, 6.45) is 12.3. The smallest absolute Gasteiger partial charge is 0.270 e. The van der Waals surface area contributed by atoms with Gasteiger partial charge in [0.2, 0.25) is 0 Å². The zero-order valence-corrected chi connectivity index (χ0v) is 19.2. The normalized spacial score (nSPS) is 14.7. The molecule has 1 saturated heterocycles. The van der Waals surface area contributed by atoms with Crippen molar-refractivity contribution in [1.29, 1.82) is 0 Å². The van der Waals surface area contributed by atoms with Gasteiger partial charge in [0.15, 0.2) is 0 Å². The van der Waals surface area contributed by atoms with Crippen LogP contribution in [0.25, 0.3) is 21.0 Å². The van der Waals surface area contributed by atoms with Crippen molar-refractivity contribution in [3.05, 3.63) is 59.6 Å². The number of aromatic amines is 1. The van der Waals surface area contributed by atoms with Gasteiger partial charge in [-0.15, -0.1) is 11.3 Å². The quantitative estimate of drug-likeness (QED) is 0.393. The van der Waals surface area contributed by atoms with Crippen molar-refractivity contribution in [3.8, 4) is 0 Å². The second-order valence-corrected chi connectivity index (χ2v) is 9.74. The number of likely N-dealkylation sites (tertiary alicyclic amines) is 1. The maximum absolute atomic E-state index is 12.8. The van der Waals surface area contributed by atoms with Crippen LogP contribution in [0.1, 0.15) is 52.3 Å². The average molecular weight is 462 g/mol. The van der Waals surface area contributed by atoms with Crippen LogP contribution in [-0.2, 0) is 0 Å². The molecular formula is C25H27N5O2S. The molecule has 0 aromatic carbocycles. The Kier molecular flexibility index (Phi) is 6.35. The number of unbranched alkanes of at least 4 members (excludes halogenated alkanes) is 1. The zero-order chi connectivity index (χ0) is 22.6. The van der Waals surface area contributed by atoms with Gasteiger partial charge < -0.3 is 15.2 Å². The van der Waals surface area contributed by atoms with E-state index in [1.54, 1.807) is 24.8 Å². The first-order chi connectivity index (χ1) is 16.2. The van der Waals surface area contributed by atoms with E-state index in [-0.39, 0.29) is 11.8 Å². The van der Waals surface area contributed by atoms with Gasteiger partial charge in [-0.3, -0.25) is 19.6 Å². The molecule has 4 aromatic rings. The number of rotatable bonds is 7. The van der Waals surface area contributed by atoms with Gasteiger partial charge in [0.25, 0.3) is 11.8 Å². The number of H-pyrrole nitrogens is 1. The molecule has 2 N–H and O–H groups in total. The van der Waals surface area contributed by atoms with Gasteiger partial charge in [0.05, 0.1) is 9.58 Å². The summed E-state index contributed by atoms with van der Waals surface area (Å²) in [6, 6.07) is 7.64. The molecule has 5 heterocycles. The second kappa shape index (κ2) is 9.70. The van der Waals surface area contributed by atoms with Crippen molar-refractivity contribution < 1.29 is 9.59 Å². The molecule has 0 bridgehead atoms. The monoisotopic (exact) mass is 461 g/mol. The summed E-state index contributed by atoms with van der Waals surface area (Å²) >= 11 is 1.48. The van der Waals surface area contributed by atoms with Crippen molar-refractivity contribution >= 4 is 44.1 Å². The summed E-state index contributed by atoms with van der Waals surface area (Å²) in [5.41, 5.74) is 1.58. The third-order valence-corrected chi connectivity index (χ3v) is 7.51. The lowest BCUT2D eigenvalue weighted by Gasteiger charge is -2.31. The Balaban J connectivity index is 1.01. The molecule has 5 rings (SSSR count). The lowest BCUT2D eigenvalue weighted by Crippen LogP contribution is -2.38. The molecule has 0 unspecified atom stereocenters. The van der Waals surface area contributed by atoms with Crippen LogP contribution in [0.5, 0.6) is 0 Å². The number of carbonyl (C=O) groups excluding carboxylic acids is 2. The largest absolute Gasteiger partial charge is 0.351 e. The fraction of sp³-hybridized carbons (Fsp3) is 0.360. The molecule has 0 spiro atoms. The van der Waals surface area contributed by atoms with E-state index in [1.165, 1.54) is 11.3 Å². The van der Waals surface area contributed by atoms with E-state index in [9.17, 15) is 9.59 Å². The summed E-state index contributed by atoms with van der Waals surface area (Å²) in [5.74, 6) is 0.715. The lowest BCUT2D eigenvalue weighted by molar-refractivity contribution is 0.0681. The molecule has 2 amide bonds. The third-order valence-electron chi connectivity index (χ3n) is 6.42. The first kappa shape index (κ1) is 21.6. The Morgan fingerprint density at radius 3 is 2.70 bits per heavy atom. The Morgan fingerprint density at radius 1 is 1.06 bits per heavy atom. The molecule has 170 valence electrons. The van der Waals surface area contributed by atoms with Gasteiger partial charge in [0.1, 0.15) is 5.69 Å². The molecule has 1 aliphatic heterocycles. The number of fused-ring (bicyclic) bond motifs is 2.